The van der Waals surface area contributed by atoms with E-state index < -0.39 is 5.54 Å². The fourth-order valence-electron chi connectivity index (χ4n) is 2.12. The predicted molar refractivity (Wildman–Crippen MR) is 63.7 cm³/mol. The minimum absolute atomic E-state index is 0.0678. The van der Waals surface area contributed by atoms with Crippen molar-refractivity contribution >= 4 is 0 Å². The maximum Gasteiger partial charge on any atom is 0.0609 e. The second-order valence-electron chi connectivity index (χ2n) is 5.40. The molecule has 1 aliphatic rings. The Morgan fingerprint density at radius 1 is 1.53 bits per heavy atom. The zero-order chi connectivity index (χ0) is 11.5. The molecule has 1 fully saturated rings. The van der Waals surface area contributed by atoms with E-state index in [2.05, 4.69) is 18.7 Å². The van der Waals surface area contributed by atoms with Gasteiger partial charge in [-0.3, -0.25) is 0 Å². The third-order valence-corrected chi connectivity index (χ3v) is 3.34. The average molecular weight is 214 g/mol. The van der Waals surface area contributed by atoms with E-state index in [0.29, 0.717) is 6.04 Å². The van der Waals surface area contributed by atoms with Crippen LogP contribution in [0.4, 0.5) is 0 Å². The van der Waals surface area contributed by atoms with Crippen LogP contribution in [-0.4, -0.2) is 41.3 Å². The highest BCUT2D eigenvalue weighted by Gasteiger charge is 2.28. The third kappa shape index (κ3) is 4.49. The Hall–Kier alpha value is -0.120. The highest BCUT2D eigenvalue weighted by Crippen LogP contribution is 2.30. The molecule has 0 aromatic carbocycles. The van der Waals surface area contributed by atoms with E-state index in [-0.39, 0.29) is 6.61 Å². The molecule has 2 atom stereocenters. The topological polar surface area (TPSA) is 49.5 Å². The first-order valence-electron chi connectivity index (χ1n) is 6.12. The number of aliphatic hydroxyl groups is 1. The van der Waals surface area contributed by atoms with E-state index in [1.165, 1.54) is 19.4 Å². The predicted octanol–water partition coefficient (Wildman–Crippen LogP) is 1.21. The largest absolute Gasteiger partial charge is 0.394 e. The molecule has 0 radical (unpaired) electrons. The van der Waals surface area contributed by atoms with E-state index in [4.69, 9.17) is 10.8 Å². The van der Waals surface area contributed by atoms with Crippen molar-refractivity contribution < 1.29 is 5.11 Å². The Morgan fingerprint density at radius 2 is 2.13 bits per heavy atom. The van der Waals surface area contributed by atoms with E-state index in [9.17, 15) is 0 Å². The number of aliphatic hydroxyl groups excluding tert-OH is 1. The summed E-state index contributed by atoms with van der Waals surface area (Å²) in [4.78, 5) is 2.48. The van der Waals surface area contributed by atoms with Gasteiger partial charge in [-0.2, -0.15) is 0 Å². The quantitative estimate of drug-likeness (QED) is 0.669. The molecule has 2 unspecified atom stereocenters. The minimum atomic E-state index is -0.434. The molecule has 0 amide bonds. The highest BCUT2D eigenvalue weighted by atomic mass is 16.3. The fraction of sp³-hybridized carbons (Fsp3) is 1.00. The van der Waals surface area contributed by atoms with Crippen LogP contribution in [0.2, 0.25) is 0 Å². The van der Waals surface area contributed by atoms with Crippen molar-refractivity contribution in [3.05, 3.63) is 0 Å². The lowest BCUT2D eigenvalue weighted by atomic mass is 9.95. The summed E-state index contributed by atoms with van der Waals surface area (Å²) in [6.45, 7) is 8.70. The molecule has 0 saturated heterocycles. The van der Waals surface area contributed by atoms with Gasteiger partial charge in [0.15, 0.2) is 0 Å². The van der Waals surface area contributed by atoms with Gasteiger partial charge in [0.05, 0.1) is 6.61 Å². The number of nitrogens with zero attached hydrogens (tertiary/aromatic N) is 1. The first-order valence-corrected chi connectivity index (χ1v) is 6.12. The summed E-state index contributed by atoms with van der Waals surface area (Å²) in [7, 11) is 0. The van der Waals surface area contributed by atoms with Gasteiger partial charge >= 0.3 is 0 Å². The molecule has 1 rings (SSSR count). The first kappa shape index (κ1) is 12.9. The Kier molecular flexibility index (Phi) is 4.56. The Labute approximate surface area is 93.6 Å². The van der Waals surface area contributed by atoms with Gasteiger partial charge in [-0.1, -0.05) is 6.92 Å². The zero-order valence-electron chi connectivity index (χ0n) is 10.4. The van der Waals surface area contributed by atoms with E-state index in [0.717, 1.165) is 18.9 Å². The molecule has 0 aliphatic heterocycles. The van der Waals surface area contributed by atoms with Crippen molar-refractivity contribution in [2.24, 2.45) is 11.7 Å². The van der Waals surface area contributed by atoms with Gasteiger partial charge in [0, 0.05) is 18.1 Å². The number of hydrogen-bond donors (Lipinski definition) is 2. The minimum Gasteiger partial charge on any atom is -0.394 e. The van der Waals surface area contributed by atoms with Crippen molar-refractivity contribution in [3.63, 3.8) is 0 Å². The van der Waals surface area contributed by atoms with Crippen LogP contribution in [0.3, 0.4) is 0 Å². The molecule has 1 aliphatic carbocycles. The Balaban J connectivity index is 2.37. The molecule has 0 aromatic rings. The zero-order valence-corrected chi connectivity index (χ0v) is 10.4. The smallest absolute Gasteiger partial charge is 0.0609 e. The highest BCUT2D eigenvalue weighted by molar-refractivity contribution is 4.85. The van der Waals surface area contributed by atoms with Crippen LogP contribution in [0.5, 0.6) is 0 Å². The van der Waals surface area contributed by atoms with E-state index >= 15 is 0 Å². The molecular formula is C12H26N2O. The molecule has 0 aromatic heterocycles. The summed E-state index contributed by atoms with van der Waals surface area (Å²) in [6, 6.07) is 0.470. The summed E-state index contributed by atoms with van der Waals surface area (Å²) in [5.74, 6) is 0.922. The molecule has 90 valence electrons. The normalized spacial score (nSPS) is 22.8. The maximum atomic E-state index is 9.15. The summed E-state index contributed by atoms with van der Waals surface area (Å²) < 4.78 is 0. The molecule has 3 heteroatoms. The number of nitrogens with two attached hydrogens (primary N) is 1. The van der Waals surface area contributed by atoms with E-state index in [1.807, 2.05) is 6.92 Å². The van der Waals surface area contributed by atoms with Crippen molar-refractivity contribution in [3.8, 4) is 0 Å². The van der Waals surface area contributed by atoms with Crippen LogP contribution in [0.15, 0.2) is 0 Å². The SMILES string of the molecule is CCN(CC1CC1)C(C)CC(C)(N)CO. The molecule has 3 N–H and O–H groups in total. The van der Waals surface area contributed by atoms with Crippen LogP contribution in [-0.2, 0) is 0 Å². The summed E-state index contributed by atoms with van der Waals surface area (Å²) in [6.07, 6.45) is 3.65. The molecule has 3 nitrogen and oxygen atoms in total. The second-order valence-corrected chi connectivity index (χ2v) is 5.40. The monoisotopic (exact) mass is 214 g/mol. The number of rotatable bonds is 7. The molecular weight excluding hydrogens is 188 g/mol. The average Bonchev–Trinajstić information content (AvgIpc) is 2.97. The van der Waals surface area contributed by atoms with Crippen LogP contribution in [0, 0.1) is 5.92 Å². The van der Waals surface area contributed by atoms with Crippen LogP contribution >= 0.6 is 0 Å². The maximum absolute atomic E-state index is 9.15. The van der Waals surface area contributed by atoms with Gasteiger partial charge in [0.25, 0.3) is 0 Å². The van der Waals surface area contributed by atoms with Crippen LogP contribution in [0.25, 0.3) is 0 Å². The fourth-order valence-corrected chi connectivity index (χ4v) is 2.12. The van der Waals surface area contributed by atoms with Crippen molar-refractivity contribution in [1.29, 1.82) is 0 Å². The van der Waals surface area contributed by atoms with Gasteiger partial charge in [-0.05, 0) is 45.6 Å². The molecule has 1 saturated carbocycles. The van der Waals surface area contributed by atoms with Crippen molar-refractivity contribution in [2.45, 2.75) is 51.6 Å². The van der Waals surface area contributed by atoms with Gasteiger partial charge in [0.1, 0.15) is 0 Å². The third-order valence-electron chi connectivity index (χ3n) is 3.34. The summed E-state index contributed by atoms with van der Waals surface area (Å²) in [5, 5.41) is 9.15. The van der Waals surface area contributed by atoms with Gasteiger partial charge in [-0.15, -0.1) is 0 Å². The summed E-state index contributed by atoms with van der Waals surface area (Å²) in [5.41, 5.74) is 5.55. The number of hydrogen-bond acceptors (Lipinski definition) is 3. The lowest BCUT2D eigenvalue weighted by Gasteiger charge is -2.33. The van der Waals surface area contributed by atoms with Crippen molar-refractivity contribution in [2.75, 3.05) is 19.7 Å². The van der Waals surface area contributed by atoms with Gasteiger partial charge in [-0.25, -0.2) is 0 Å². The lowest BCUT2D eigenvalue weighted by Crippen LogP contribution is -2.47. The molecule has 0 spiro atoms. The summed E-state index contributed by atoms with van der Waals surface area (Å²) >= 11 is 0. The van der Waals surface area contributed by atoms with Gasteiger partial charge < -0.3 is 15.7 Å². The van der Waals surface area contributed by atoms with Gasteiger partial charge in [0.2, 0.25) is 0 Å². The second kappa shape index (κ2) is 5.28. The van der Waals surface area contributed by atoms with Crippen LogP contribution < -0.4 is 5.73 Å². The standard InChI is InChI=1S/C12H26N2O/c1-4-14(8-11-5-6-11)10(2)7-12(3,13)9-15/h10-11,15H,4-9,13H2,1-3H3. The van der Waals surface area contributed by atoms with Crippen LogP contribution in [0.1, 0.15) is 40.0 Å². The Bertz CT molecular complexity index is 190. The van der Waals surface area contributed by atoms with E-state index in [1.54, 1.807) is 0 Å². The molecule has 0 heterocycles. The molecule has 0 bridgehead atoms. The lowest BCUT2D eigenvalue weighted by molar-refractivity contribution is 0.137. The Morgan fingerprint density at radius 3 is 2.53 bits per heavy atom. The first-order chi connectivity index (χ1) is 6.98. The molecule has 15 heavy (non-hydrogen) atoms. The van der Waals surface area contributed by atoms with Crippen molar-refractivity contribution in [1.82, 2.24) is 4.90 Å².